The number of alkyl halides is 2. The zero-order valence-electron chi connectivity index (χ0n) is 11.8. The van der Waals surface area contributed by atoms with Crippen molar-refractivity contribution < 1.29 is 27.8 Å². The lowest BCUT2D eigenvalue weighted by Crippen LogP contribution is -2.44. The predicted octanol–water partition coefficient (Wildman–Crippen LogP) is 2.09. The number of nitrogens with zero attached hydrogens (tertiary/aromatic N) is 1. The number of nitrogens with one attached hydrogen (secondary N) is 1. The number of carbonyl (C=O) groups excluding carboxylic acids is 1. The van der Waals surface area contributed by atoms with Crippen LogP contribution in [0.1, 0.15) is 18.4 Å². The van der Waals surface area contributed by atoms with E-state index in [1.54, 1.807) is 0 Å². The van der Waals surface area contributed by atoms with Crippen LogP contribution in [-0.4, -0.2) is 41.8 Å². The second kappa shape index (κ2) is 7.35. The van der Waals surface area contributed by atoms with Crippen LogP contribution in [0, 0.1) is 5.82 Å². The third-order valence-electron chi connectivity index (χ3n) is 3.56. The van der Waals surface area contributed by atoms with Crippen LogP contribution in [0.5, 0.6) is 5.75 Å². The molecule has 2 amide bonds. The molecule has 1 heterocycles. The van der Waals surface area contributed by atoms with Gasteiger partial charge in [-0.15, -0.1) is 0 Å². The molecule has 0 unspecified atom stereocenters. The molecule has 122 valence electrons. The van der Waals surface area contributed by atoms with E-state index < -0.39 is 18.5 Å². The number of hydrogen-bond acceptors (Lipinski definition) is 3. The number of urea groups is 1. The van der Waals surface area contributed by atoms with Crippen molar-refractivity contribution in [3.8, 4) is 5.75 Å². The molecule has 0 radical (unpaired) electrons. The Morgan fingerprint density at radius 1 is 1.50 bits per heavy atom. The van der Waals surface area contributed by atoms with Crippen molar-refractivity contribution in [1.29, 1.82) is 0 Å². The zero-order valence-corrected chi connectivity index (χ0v) is 11.8. The van der Waals surface area contributed by atoms with Crippen molar-refractivity contribution >= 4 is 6.03 Å². The maximum atomic E-state index is 13.7. The van der Waals surface area contributed by atoms with Crippen molar-refractivity contribution in [2.24, 2.45) is 0 Å². The quantitative estimate of drug-likeness (QED) is 0.874. The van der Waals surface area contributed by atoms with Crippen molar-refractivity contribution in [3.63, 3.8) is 0 Å². The van der Waals surface area contributed by atoms with Gasteiger partial charge in [0.15, 0.2) is 0 Å². The average Bonchev–Trinajstić information content (AvgIpc) is 2.94. The molecule has 5 nitrogen and oxygen atoms in total. The number of carbonyl (C=O) groups is 1. The first-order valence-electron chi connectivity index (χ1n) is 6.90. The van der Waals surface area contributed by atoms with Crippen molar-refractivity contribution in [3.05, 3.63) is 29.6 Å². The average molecular weight is 318 g/mol. The Balaban J connectivity index is 2.03. The van der Waals surface area contributed by atoms with E-state index in [0.29, 0.717) is 13.0 Å². The van der Waals surface area contributed by atoms with E-state index in [2.05, 4.69) is 10.1 Å². The molecule has 0 bridgehead atoms. The van der Waals surface area contributed by atoms with Gasteiger partial charge in [-0.05, 0) is 25.0 Å². The van der Waals surface area contributed by atoms with Gasteiger partial charge in [0, 0.05) is 12.1 Å². The minimum absolute atomic E-state index is 0.143. The molecule has 1 fully saturated rings. The molecule has 8 heteroatoms. The highest BCUT2D eigenvalue weighted by Crippen LogP contribution is 2.23. The standard InChI is InChI=1S/C14H17F3N2O3/c15-11-4-1-5-12(22-13(16)17)10(11)7-18-14(21)19-6-2-3-9(19)8-20/h1,4-5,9,13,20H,2-3,6-8H2,(H,18,21)/t9-/m0/s1. The Labute approximate surface area is 125 Å². The fraction of sp³-hybridized carbons (Fsp3) is 0.500. The molecule has 2 rings (SSSR count). The Kier molecular flexibility index (Phi) is 5.48. The van der Waals surface area contributed by atoms with E-state index in [-0.39, 0.29) is 30.5 Å². The first-order valence-corrected chi connectivity index (χ1v) is 6.90. The van der Waals surface area contributed by atoms with Crippen molar-refractivity contribution in [2.45, 2.75) is 32.0 Å². The van der Waals surface area contributed by atoms with Crippen molar-refractivity contribution in [2.75, 3.05) is 13.2 Å². The highest BCUT2D eigenvalue weighted by molar-refractivity contribution is 5.75. The summed E-state index contributed by atoms with van der Waals surface area (Å²) in [6.45, 7) is -3.00. The highest BCUT2D eigenvalue weighted by Gasteiger charge is 2.28. The molecule has 1 aromatic carbocycles. The topological polar surface area (TPSA) is 61.8 Å². The van der Waals surface area contributed by atoms with Gasteiger partial charge in [0.1, 0.15) is 11.6 Å². The number of benzene rings is 1. The van der Waals surface area contributed by atoms with Gasteiger partial charge in [-0.3, -0.25) is 0 Å². The minimum Gasteiger partial charge on any atom is -0.434 e. The number of hydrogen-bond donors (Lipinski definition) is 2. The molecule has 22 heavy (non-hydrogen) atoms. The van der Waals surface area contributed by atoms with Crippen LogP contribution in [-0.2, 0) is 6.54 Å². The van der Waals surface area contributed by atoms with Gasteiger partial charge in [0.25, 0.3) is 0 Å². The zero-order chi connectivity index (χ0) is 16.1. The monoisotopic (exact) mass is 318 g/mol. The van der Waals surface area contributed by atoms with E-state index in [1.165, 1.54) is 17.0 Å². The minimum atomic E-state index is -3.08. The summed E-state index contributed by atoms with van der Waals surface area (Å²) in [6, 6.07) is 2.83. The van der Waals surface area contributed by atoms with Crippen LogP contribution >= 0.6 is 0 Å². The van der Waals surface area contributed by atoms with E-state index >= 15 is 0 Å². The van der Waals surface area contributed by atoms with Gasteiger partial charge in [-0.1, -0.05) is 6.07 Å². The predicted molar refractivity (Wildman–Crippen MR) is 72.1 cm³/mol. The fourth-order valence-corrected chi connectivity index (χ4v) is 2.48. The van der Waals surface area contributed by atoms with Crippen LogP contribution in [0.4, 0.5) is 18.0 Å². The second-order valence-electron chi connectivity index (χ2n) is 4.93. The first kappa shape index (κ1) is 16.4. The summed E-state index contributed by atoms with van der Waals surface area (Å²) >= 11 is 0. The summed E-state index contributed by atoms with van der Waals surface area (Å²) in [7, 11) is 0. The van der Waals surface area contributed by atoms with Gasteiger partial charge in [0.2, 0.25) is 0 Å². The Morgan fingerprint density at radius 2 is 2.27 bits per heavy atom. The largest absolute Gasteiger partial charge is 0.434 e. The molecular weight excluding hydrogens is 301 g/mol. The first-order chi connectivity index (χ1) is 10.5. The molecule has 1 aliphatic rings. The molecule has 0 saturated carbocycles. The Hall–Kier alpha value is -1.96. The molecule has 1 saturated heterocycles. The summed E-state index contributed by atoms with van der Waals surface area (Å²) in [6.07, 6.45) is 1.47. The smallest absolute Gasteiger partial charge is 0.387 e. The summed E-state index contributed by atoms with van der Waals surface area (Å²) in [5.74, 6) is -1.05. The third-order valence-corrected chi connectivity index (χ3v) is 3.56. The lowest BCUT2D eigenvalue weighted by Gasteiger charge is -2.23. The van der Waals surface area contributed by atoms with Crippen LogP contribution in [0.3, 0.4) is 0 Å². The molecule has 2 N–H and O–H groups in total. The Morgan fingerprint density at radius 3 is 2.95 bits per heavy atom. The molecular formula is C14H17F3N2O3. The van der Waals surface area contributed by atoms with Gasteiger partial charge in [0.05, 0.1) is 19.2 Å². The molecule has 1 aromatic rings. The normalized spacial score (nSPS) is 17.9. The maximum absolute atomic E-state index is 13.7. The third kappa shape index (κ3) is 3.82. The summed E-state index contributed by atoms with van der Waals surface area (Å²) in [5.41, 5.74) is -0.143. The number of aliphatic hydroxyl groups is 1. The van der Waals surface area contributed by atoms with Gasteiger partial charge in [-0.25, -0.2) is 9.18 Å². The molecule has 0 aliphatic carbocycles. The van der Waals surface area contributed by atoms with Gasteiger partial charge < -0.3 is 20.1 Å². The number of rotatable bonds is 5. The molecule has 1 aliphatic heterocycles. The molecule has 0 aromatic heterocycles. The summed E-state index contributed by atoms with van der Waals surface area (Å²) in [4.78, 5) is 13.5. The van der Waals surface area contributed by atoms with Crippen LogP contribution in [0.25, 0.3) is 0 Å². The lowest BCUT2D eigenvalue weighted by atomic mass is 10.2. The molecule has 0 spiro atoms. The number of aliphatic hydroxyl groups excluding tert-OH is 1. The number of likely N-dealkylation sites (tertiary alicyclic amines) is 1. The molecule has 1 atom stereocenters. The summed E-state index contributed by atoms with van der Waals surface area (Å²) in [5, 5.41) is 11.6. The van der Waals surface area contributed by atoms with Crippen LogP contribution in [0.15, 0.2) is 18.2 Å². The van der Waals surface area contributed by atoms with Gasteiger partial charge >= 0.3 is 12.6 Å². The number of halogens is 3. The number of ether oxygens (including phenoxy) is 1. The lowest BCUT2D eigenvalue weighted by molar-refractivity contribution is -0.0506. The Bertz CT molecular complexity index is 528. The SMILES string of the molecule is O=C(NCc1c(F)cccc1OC(F)F)N1CCC[C@H]1CO. The maximum Gasteiger partial charge on any atom is 0.387 e. The number of amides is 2. The summed E-state index contributed by atoms with van der Waals surface area (Å²) < 4.78 is 42.6. The van der Waals surface area contributed by atoms with E-state index in [0.717, 1.165) is 12.5 Å². The highest BCUT2D eigenvalue weighted by atomic mass is 19.3. The van der Waals surface area contributed by atoms with E-state index in [4.69, 9.17) is 0 Å². The van der Waals surface area contributed by atoms with E-state index in [9.17, 15) is 23.1 Å². The van der Waals surface area contributed by atoms with Crippen LogP contribution < -0.4 is 10.1 Å². The van der Waals surface area contributed by atoms with Crippen LogP contribution in [0.2, 0.25) is 0 Å². The van der Waals surface area contributed by atoms with E-state index in [1.807, 2.05) is 0 Å². The van der Waals surface area contributed by atoms with Crippen molar-refractivity contribution in [1.82, 2.24) is 10.2 Å². The fourth-order valence-electron chi connectivity index (χ4n) is 2.48. The second-order valence-corrected chi connectivity index (χ2v) is 4.93. The van der Waals surface area contributed by atoms with Gasteiger partial charge in [-0.2, -0.15) is 8.78 Å².